The lowest BCUT2D eigenvalue weighted by atomic mass is 9.95. The topological polar surface area (TPSA) is 40.9 Å². The van der Waals surface area contributed by atoms with Crippen LogP contribution in [0.15, 0.2) is 28.7 Å². The fourth-order valence-electron chi connectivity index (χ4n) is 1.23. The number of nitrogens with zero attached hydrogens (tertiary/aromatic N) is 1. The second-order valence-electron chi connectivity index (χ2n) is 2.90. The molecule has 0 fully saturated rings. The molecule has 0 radical (unpaired) electrons. The Bertz CT molecular complexity index is 381. The Balaban J connectivity index is 3.09. The van der Waals surface area contributed by atoms with Crippen LogP contribution in [0.2, 0.25) is 0 Å². The average molecular weight is 252 g/mol. The second-order valence-corrected chi connectivity index (χ2v) is 3.76. The highest BCUT2D eigenvalue weighted by Gasteiger charge is 2.19. The van der Waals surface area contributed by atoms with E-state index in [1.807, 2.05) is 24.3 Å². The van der Waals surface area contributed by atoms with Crippen molar-refractivity contribution in [1.29, 1.82) is 5.26 Å². The molecular formula is C11H10BrNO. The molecule has 0 amide bonds. The van der Waals surface area contributed by atoms with Crippen molar-refractivity contribution in [1.82, 2.24) is 0 Å². The summed E-state index contributed by atoms with van der Waals surface area (Å²) in [5.74, 6) is -0.685. The van der Waals surface area contributed by atoms with Crippen LogP contribution in [0.4, 0.5) is 0 Å². The van der Waals surface area contributed by atoms with Crippen LogP contribution in [0, 0.1) is 11.3 Å². The van der Waals surface area contributed by atoms with Crippen LogP contribution in [0.1, 0.15) is 24.8 Å². The van der Waals surface area contributed by atoms with E-state index in [1.54, 1.807) is 13.0 Å². The number of nitriles is 1. The van der Waals surface area contributed by atoms with E-state index >= 15 is 0 Å². The molecule has 1 rings (SSSR count). The summed E-state index contributed by atoms with van der Waals surface area (Å²) in [6, 6.07) is 9.35. The Morgan fingerprint density at radius 3 is 2.71 bits per heavy atom. The van der Waals surface area contributed by atoms with Gasteiger partial charge in [-0.1, -0.05) is 41.1 Å². The smallest absolute Gasteiger partial charge is 0.154 e. The monoisotopic (exact) mass is 251 g/mol. The molecule has 0 aromatic heterocycles. The number of carbonyl (C=O) groups excluding carboxylic acids is 1. The molecular weight excluding hydrogens is 242 g/mol. The molecule has 0 aliphatic heterocycles. The van der Waals surface area contributed by atoms with Gasteiger partial charge in [0.05, 0.1) is 6.07 Å². The zero-order chi connectivity index (χ0) is 10.6. The lowest BCUT2D eigenvalue weighted by Crippen LogP contribution is -2.09. The highest BCUT2D eigenvalue weighted by molar-refractivity contribution is 9.10. The highest BCUT2D eigenvalue weighted by Crippen LogP contribution is 2.25. The fourth-order valence-corrected chi connectivity index (χ4v) is 1.74. The third-order valence-corrected chi connectivity index (χ3v) is 2.74. The van der Waals surface area contributed by atoms with Crippen molar-refractivity contribution in [2.45, 2.75) is 19.3 Å². The van der Waals surface area contributed by atoms with E-state index in [1.165, 1.54) is 0 Å². The molecule has 14 heavy (non-hydrogen) atoms. The molecule has 2 nitrogen and oxygen atoms in total. The molecule has 72 valence electrons. The minimum absolute atomic E-state index is 0.0422. The number of carbonyl (C=O) groups is 1. The van der Waals surface area contributed by atoms with Gasteiger partial charge in [0, 0.05) is 10.9 Å². The first-order valence-corrected chi connectivity index (χ1v) is 5.16. The van der Waals surface area contributed by atoms with Crippen molar-refractivity contribution in [3.8, 4) is 6.07 Å². The molecule has 1 unspecified atom stereocenters. The summed E-state index contributed by atoms with van der Waals surface area (Å²) in [5, 5.41) is 8.91. The van der Waals surface area contributed by atoms with Gasteiger partial charge in [0.25, 0.3) is 0 Å². The summed E-state index contributed by atoms with van der Waals surface area (Å²) >= 11 is 3.33. The van der Waals surface area contributed by atoms with Gasteiger partial charge in [-0.05, 0) is 11.6 Å². The molecule has 1 atom stereocenters. The number of halogens is 1. The van der Waals surface area contributed by atoms with Gasteiger partial charge in [-0.3, -0.25) is 4.79 Å². The highest BCUT2D eigenvalue weighted by atomic mass is 79.9. The summed E-state index contributed by atoms with van der Waals surface area (Å²) in [6.45, 7) is 1.77. The van der Waals surface area contributed by atoms with Gasteiger partial charge in [-0.2, -0.15) is 5.26 Å². The van der Waals surface area contributed by atoms with Crippen LogP contribution in [0.3, 0.4) is 0 Å². The maximum atomic E-state index is 11.5. The maximum absolute atomic E-state index is 11.5. The van der Waals surface area contributed by atoms with E-state index < -0.39 is 5.92 Å². The first kappa shape index (κ1) is 10.9. The number of ketones is 1. The minimum Gasteiger partial charge on any atom is -0.298 e. The zero-order valence-electron chi connectivity index (χ0n) is 7.83. The van der Waals surface area contributed by atoms with Crippen LogP contribution in [-0.2, 0) is 4.79 Å². The van der Waals surface area contributed by atoms with Crippen molar-refractivity contribution in [2.75, 3.05) is 0 Å². The largest absolute Gasteiger partial charge is 0.298 e. The molecule has 0 N–H and O–H groups in total. The van der Waals surface area contributed by atoms with Crippen molar-refractivity contribution >= 4 is 21.7 Å². The predicted molar refractivity (Wildman–Crippen MR) is 57.8 cm³/mol. The van der Waals surface area contributed by atoms with E-state index in [0.717, 1.165) is 10.0 Å². The van der Waals surface area contributed by atoms with Gasteiger partial charge in [0.15, 0.2) is 5.78 Å². The summed E-state index contributed by atoms with van der Waals surface area (Å²) in [5.41, 5.74) is 0.752. The zero-order valence-corrected chi connectivity index (χ0v) is 9.41. The van der Waals surface area contributed by atoms with E-state index in [-0.39, 0.29) is 5.78 Å². The molecule has 0 aliphatic carbocycles. The van der Waals surface area contributed by atoms with Gasteiger partial charge in [0.2, 0.25) is 0 Å². The van der Waals surface area contributed by atoms with Crippen molar-refractivity contribution < 1.29 is 4.79 Å². The van der Waals surface area contributed by atoms with Gasteiger partial charge >= 0.3 is 0 Å². The Labute approximate surface area is 91.7 Å². The Morgan fingerprint density at radius 2 is 2.21 bits per heavy atom. The van der Waals surface area contributed by atoms with Gasteiger partial charge in [-0.15, -0.1) is 0 Å². The summed E-state index contributed by atoms with van der Waals surface area (Å²) < 4.78 is 0.813. The van der Waals surface area contributed by atoms with Crippen molar-refractivity contribution in [3.05, 3.63) is 34.3 Å². The van der Waals surface area contributed by atoms with E-state index in [9.17, 15) is 4.79 Å². The number of benzene rings is 1. The molecule has 0 saturated heterocycles. The third kappa shape index (κ3) is 2.21. The first-order chi connectivity index (χ1) is 6.70. The summed E-state index contributed by atoms with van der Waals surface area (Å²) in [7, 11) is 0. The third-order valence-electron chi connectivity index (χ3n) is 2.02. The van der Waals surface area contributed by atoms with Crippen LogP contribution < -0.4 is 0 Å². The van der Waals surface area contributed by atoms with E-state index in [2.05, 4.69) is 15.9 Å². The summed E-state index contributed by atoms with van der Waals surface area (Å²) in [6.07, 6.45) is 0.388. The molecule has 0 aliphatic rings. The number of Topliss-reactive ketones (excluding diaryl/α,β-unsaturated/α-hetero) is 1. The van der Waals surface area contributed by atoms with Crippen LogP contribution in [0.5, 0.6) is 0 Å². The quantitative estimate of drug-likeness (QED) is 0.829. The predicted octanol–water partition coefficient (Wildman–Crippen LogP) is 3.04. The van der Waals surface area contributed by atoms with Gasteiger partial charge in [0.1, 0.15) is 5.92 Å². The van der Waals surface area contributed by atoms with Crippen LogP contribution in [0.25, 0.3) is 0 Å². The van der Waals surface area contributed by atoms with E-state index in [4.69, 9.17) is 5.26 Å². The second kappa shape index (κ2) is 4.92. The lowest BCUT2D eigenvalue weighted by molar-refractivity contribution is -0.119. The van der Waals surface area contributed by atoms with Crippen LogP contribution in [-0.4, -0.2) is 5.78 Å². The van der Waals surface area contributed by atoms with Crippen LogP contribution >= 0.6 is 15.9 Å². The van der Waals surface area contributed by atoms with Crippen molar-refractivity contribution in [2.24, 2.45) is 0 Å². The standard InChI is InChI=1S/C11H10BrNO/c1-2-11(14)9(7-13)8-5-3-4-6-10(8)12/h3-6,9H,2H2,1H3. The normalized spacial score (nSPS) is 11.8. The maximum Gasteiger partial charge on any atom is 0.154 e. The molecule has 0 heterocycles. The number of hydrogen-bond acceptors (Lipinski definition) is 2. The number of hydrogen-bond donors (Lipinski definition) is 0. The van der Waals surface area contributed by atoms with Crippen molar-refractivity contribution in [3.63, 3.8) is 0 Å². The molecule has 0 bridgehead atoms. The lowest BCUT2D eigenvalue weighted by Gasteiger charge is -2.08. The van der Waals surface area contributed by atoms with E-state index in [0.29, 0.717) is 6.42 Å². The Kier molecular flexibility index (Phi) is 3.84. The Hall–Kier alpha value is -1.14. The SMILES string of the molecule is CCC(=O)C(C#N)c1ccccc1Br. The molecule has 0 saturated carbocycles. The number of rotatable bonds is 3. The fraction of sp³-hybridized carbons (Fsp3) is 0.273. The molecule has 1 aromatic rings. The molecule has 3 heteroatoms. The average Bonchev–Trinajstić information content (AvgIpc) is 2.21. The summed E-state index contributed by atoms with van der Waals surface area (Å²) in [4.78, 5) is 11.5. The minimum atomic E-state index is -0.643. The molecule has 0 spiro atoms. The van der Waals surface area contributed by atoms with Gasteiger partial charge in [-0.25, -0.2) is 0 Å². The van der Waals surface area contributed by atoms with Gasteiger partial charge < -0.3 is 0 Å². The molecule has 1 aromatic carbocycles. The first-order valence-electron chi connectivity index (χ1n) is 4.37. The Morgan fingerprint density at radius 1 is 1.57 bits per heavy atom.